The van der Waals surface area contributed by atoms with Crippen LogP contribution in [0, 0.1) is 25.2 Å². The Morgan fingerprint density at radius 2 is 1.36 bits per heavy atom. The molecule has 1 radical (unpaired) electrons. The van der Waals surface area contributed by atoms with Crippen molar-refractivity contribution in [2.75, 3.05) is 0 Å². The van der Waals surface area contributed by atoms with Crippen molar-refractivity contribution in [2.24, 2.45) is 5.92 Å². The number of para-hydroxylation sites is 2. The van der Waals surface area contributed by atoms with E-state index in [0.717, 1.165) is 84.4 Å². The summed E-state index contributed by atoms with van der Waals surface area (Å²) < 4.78 is 8.47. The second-order valence-electron chi connectivity index (χ2n) is 19.8. The first-order valence-electron chi connectivity index (χ1n) is 22.8. The Hall–Kier alpha value is -6.17. The third-order valence-corrected chi connectivity index (χ3v) is 14.3. The number of furan rings is 1. The molecule has 3 heterocycles. The molecule has 0 aliphatic heterocycles. The molecular weight excluding hydrogens is 999 g/mol. The van der Waals surface area contributed by atoms with E-state index in [1.54, 1.807) is 0 Å². The summed E-state index contributed by atoms with van der Waals surface area (Å²) in [6.45, 7) is 20.7. The quantitative estimate of drug-likeness (QED) is 0.113. The Kier molecular flexibility index (Phi) is 13.3. The molecule has 333 valence electrons. The molecule has 0 saturated heterocycles. The number of aryl methyl sites for hydroxylation is 1. The Morgan fingerprint density at radius 1 is 0.712 bits per heavy atom. The molecule has 0 N–H and O–H groups in total. The van der Waals surface area contributed by atoms with Crippen LogP contribution in [0.5, 0.6) is 0 Å². The van der Waals surface area contributed by atoms with Crippen molar-refractivity contribution in [3.8, 4) is 50.6 Å². The van der Waals surface area contributed by atoms with Crippen molar-refractivity contribution in [3.05, 3.63) is 193 Å². The van der Waals surface area contributed by atoms with E-state index in [9.17, 15) is 0 Å². The van der Waals surface area contributed by atoms with E-state index in [0.29, 0.717) is 5.92 Å². The Morgan fingerprint density at radius 3 is 1.98 bits per heavy atom. The van der Waals surface area contributed by atoms with Gasteiger partial charge in [-0.2, -0.15) is 0 Å². The minimum Gasteiger partial charge on any atom is -0.557 e. The number of rotatable bonds is 8. The first-order valence-corrected chi connectivity index (χ1v) is 26.3. The van der Waals surface area contributed by atoms with Crippen LogP contribution in [0.4, 0.5) is 0 Å². The summed E-state index contributed by atoms with van der Waals surface area (Å²) in [6.07, 6.45) is 6.52. The van der Waals surface area contributed by atoms with Crippen LogP contribution in [0.2, 0.25) is 19.6 Å². The zero-order valence-corrected chi connectivity index (χ0v) is 42.9. The van der Waals surface area contributed by atoms with Gasteiger partial charge in [0.15, 0.2) is 0 Å². The Balaban J connectivity index is 0.000000238. The fourth-order valence-electron chi connectivity index (χ4n) is 8.89. The third-order valence-electron chi connectivity index (χ3n) is 12.2. The number of hydrogen-bond acceptors (Lipinski definition) is 3. The predicted molar refractivity (Wildman–Crippen MR) is 277 cm³/mol. The summed E-state index contributed by atoms with van der Waals surface area (Å²) in [6, 6.07) is 59.0. The van der Waals surface area contributed by atoms with Crippen LogP contribution in [-0.2, 0) is 31.9 Å². The molecule has 0 unspecified atom stereocenters. The SMILES string of the molecule is CC(C)Cc1cc(-c2[c-]cccc2)ncc1[Si](C)(C)C.Cc1ccc2cc3o[c-]c(-c4nc5ccccc5n4-c4c(-c5ccccc5)cc(C(C)(C)C)cc4-c4ccccc4)c3cc2c1.[Ir]. The van der Waals surface area contributed by atoms with E-state index in [2.05, 4.69) is 229 Å². The number of fused-ring (bicyclic) bond motifs is 3. The number of pyridine rings is 1. The van der Waals surface area contributed by atoms with Crippen molar-refractivity contribution in [2.45, 2.75) is 73.0 Å². The maximum atomic E-state index is 6.14. The molecule has 6 heteroatoms. The monoisotopic (exact) mass is 1060 g/mol. The minimum absolute atomic E-state index is 0. The van der Waals surface area contributed by atoms with Gasteiger partial charge in [-0.3, -0.25) is 4.98 Å². The average molecular weight is 1060 g/mol. The van der Waals surface area contributed by atoms with Gasteiger partial charge in [0.05, 0.1) is 30.6 Å². The van der Waals surface area contributed by atoms with Crippen molar-refractivity contribution >= 4 is 46.0 Å². The van der Waals surface area contributed by atoms with E-state index in [1.165, 1.54) is 27.3 Å². The van der Waals surface area contributed by atoms with Crippen LogP contribution < -0.4 is 5.19 Å². The fourth-order valence-corrected chi connectivity index (χ4v) is 10.5. The van der Waals surface area contributed by atoms with Crippen LogP contribution in [0.25, 0.3) is 83.4 Å². The van der Waals surface area contributed by atoms with Crippen molar-refractivity contribution < 1.29 is 24.5 Å². The predicted octanol–water partition coefficient (Wildman–Crippen LogP) is 15.6. The molecular formula is C60H57IrN3OSi-2. The van der Waals surface area contributed by atoms with Crippen LogP contribution in [0.3, 0.4) is 0 Å². The Bertz CT molecular complexity index is 3220. The van der Waals surface area contributed by atoms with E-state index in [1.807, 2.05) is 18.2 Å². The summed E-state index contributed by atoms with van der Waals surface area (Å²) in [7, 11) is -1.34. The second-order valence-corrected chi connectivity index (χ2v) is 24.8. The van der Waals surface area contributed by atoms with Gasteiger partial charge in [0.1, 0.15) is 0 Å². The van der Waals surface area contributed by atoms with E-state index < -0.39 is 8.07 Å². The van der Waals surface area contributed by atoms with Crippen LogP contribution in [0.1, 0.15) is 51.3 Å². The van der Waals surface area contributed by atoms with Gasteiger partial charge in [-0.05, 0) is 87.3 Å². The minimum atomic E-state index is -1.34. The maximum absolute atomic E-state index is 6.14. The molecule has 3 aromatic heterocycles. The molecule has 0 aliphatic carbocycles. The topological polar surface area (TPSA) is 43.9 Å². The molecule has 0 atom stereocenters. The standard InChI is InChI=1S/C42H33N2O.C18H24NSi.Ir/c1-27-19-20-30-23-39-35(22-31(30)21-27)36(26-45-39)41-43-37-17-11-12-18-38(37)44(41)40-33(28-13-7-5-8-14-28)24-32(42(2,3)4)25-34(40)29-15-9-6-10-16-29;1-14(2)11-16-12-17(15-9-7-6-8-10-15)19-13-18(16)20(3,4)5;/h5-25H,1-4H3;6-9,12-14H,11H2,1-5H3;/q2*-1;. The summed E-state index contributed by atoms with van der Waals surface area (Å²) in [5.41, 5.74) is 15.3. The van der Waals surface area contributed by atoms with Gasteiger partial charge >= 0.3 is 0 Å². The first-order chi connectivity index (χ1) is 31.2. The maximum Gasteiger partial charge on any atom is 0.0798 e. The zero-order chi connectivity index (χ0) is 45.5. The third kappa shape index (κ3) is 9.55. The summed E-state index contributed by atoms with van der Waals surface area (Å²) >= 11 is 0. The van der Waals surface area contributed by atoms with Crippen LogP contribution >= 0.6 is 0 Å². The van der Waals surface area contributed by atoms with Gasteiger partial charge in [-0.25, -0.2) is 0 Å². The van der Waals surface area contributed by atoms with Gasteiger partial charge in [0, 0.05) is 49.3 Å². The number of aromatic nitrogens is 3. The summed E-state index contributed by atoms with van der Waals surface area (Å²) in [4.78, 5) is 9.98. The van der Waals surface area contributed by atoms with Crippen molar-refractivity contribution in [3.63, 3.8) is 0 Å². The molecule has 0 bridgehead atoms. The molecule has 0 aliphatic rings. The Labute approximate surface area is 405 Å². The molecule has 0 saturated carbocycles. The summed E-state index contributed by atoms with van der Waals surface area (Å²) in [5.74, 6) is 1.47. The molecule has 0 fully saturated rings. The second kappa shape index (κ2) is 19.0. The molecule has 4 nitrogen and oxygen atoms in total. The van der Waals surface area contributed by atoms with Crippen LogP contribution in [-0.4, -0.2) is 22.6 Å². The number of nitrogens with zero attached hydrogens (tertiary/aromatic N) is 3. The average Bonchev–Trinajstić information content (AvgIpc) is 3.89. The number of hydrogen-bond donors (Lipinski definition) is 0. The normalized spacial score (nSPS) is 11.8. The molecule has 10 rings (SSSR count). The molecule has 0 spiro atoms. The van der Waals surface area contributed by atoms with Gasteiger partial charge in [0.2, 0.25) is 0 Å². The van der Waals surface area contributed by atoms with E-state index >= 15 is 0 Å². The van der Waals surface area contributed by atoms with Gasteiger partial charge < -0.3 is 14.0 Å². The van der Waals surface area contributed by atoms with E-state index in [4.69, 9.17) is 9.40 Å². The first kappa shape index (κ1) is 46.4. The number of imidazole rings is 1. The van der Waals surface area contributed by atoms with Crippen LogP contribution in [0.15, 0.2) is 168 Å². The molecule has 0 amide bonds. The number of benzene rings is 7. The van der Waals surface area contributed by atoms with Crippen molar-refractivity contribution in [1.29, 1.82) is 0 Å². The largest absolute Gasteiger partial charge is 0.557 e. The van der Waals surface area contributed by atoms with Gasteiger partial charge in [-0.15, -0.1) is 35.9 Å². The molecule has 66 heavy (non-hydrogen) atoms. The van der Waals surface area contributed by atoms with E-state index in [-0.39, 0.29) is 25.5 Å². The molecule has 7 aromatic carbocycles. The molecule has 10 aromatic rings. The van der Waals surface area contributed by atoms with Gasteiger partial charge in [-0.1, -0.05) is 186 Å². The van der Waals surface area contributed by atoms with Gasteiger partial charge in [0.25, 0.3) is 0 Å². The van der Waals surface area contributed by atoms with Crippen molar-refractivity contribution in [1.82, 2.24) is 14.5 Å². The fraction of sp³-hybridized carbons (Fsp3) is 0.200. The smallest absolute Gasteiger partial charge is 0.0798 e. The summed E-state index contributed by atoms with van der Waals surface area (Å²) in [5, 5.41) is 4.81. The zero-order valence-electron chi connectivity index (χ0n) is 39.5.